The lowest BCUT2D eigenvalue weighted by molar-refractivity contribution is -0.141. The van der Waals surface area contributed by atoms with Gasteiger partial charge in [0.05, 0.1) is 47.0 Å². The number of pyridine rings is 1. The van der Waals surface area contributed by atoms with Gasteiger partial charge in [-0.2, -0.15) is 4.98 Å². The van der Waals surface area contributed by atoms with Crippen molar-refractivity contribution in [3.8, 4) is 10.6 Å². The molecule has 0 aromatic carbocycles. The molecule has 3 aromatic heterocycles. The first-order valence-corrected chi connectivity index (χ1v) is 13.7. The third kappa shape index (κ3) is 5.33. The van der Waals surface area contributed by atoms with Crippen molar-refractivity contribution in [2.45, 2.75) is 57.0 Å². The second-order valence-electron chi connectivity index (χ2n) is 10.5. The van der Waals surface area contributed by atoms with Crippen LogP contribution in [0.15, 0.2) is 12.3 Å². The number of ether oxygens (including phenoxy) is 2. The quantitative estimate of drug-likeness (QED) is 0.241. The van der Waals surface area contributed by atoms with Crippen molar-refractivity contribution in [2.24, 2.45) is 11.8 Å². The fourth-order valence-corrected chi connectivity index (χ4v) is 6.41. The Kier molecular flexibility index (Phi) is 7.81. The predicted octanol–water partition coefficient (Wildman–Crippen LogP) is 2.13. The molecule has 0 amide bonds. The minimum atomic E-state index is -1.46. The monoisotopic (exact) mass is 544 g/mol. The van der Waals surface area contributed by atoms with Gasteiger partial charge in [-0.05, 0) is 45.1 Å². The molecule has 206 valence electrons. The highest BCUT2D eigenvalue weighted by Gasteiger charge is 2.52. The summed E-state index contributed by atoms with van der Waals surface area (Å²) in [5.74, 6) is 0.977. The Labute approximate surface area is 225 Å². The first-order chi connectivity index (χ1) is 18.2. The van der Waals surface area contributed by atoms with E-state index in [-0.39, 0.29) is 19.6 Å². The Hall–Kier alpha value is -2.48. The third-order valence-corrected chi connectivity index (χ3v) is 8.56. The minimum Gasteiger partial charge on any atom is -0.390 e. The van der Waals surface area contributed by atoms with Gasteiger partial charge in [-0.3, -0.25) is 4.98 Å². The summed E-state index contributed by atoms with van der Waals surface area (Å²) in [7, 11) is 2.96. The first kappa shape index (κ1) is 27.1. The number of anilines is 2. The fourth-order valence-electron chi connectivity index (χ4n) is 5.30. The lowest BCUT2D eigenvalue weighted by Crippen LogP contribution is -2.50. The molecule has 0 radical (unpaired) electrons. The van der Waals surface area contributed by atoms with Gasteiger partial charge in [0.15, 0.2) is 0 Å². The zero-order valence-electron chi connectivity index (χ0n) is 22.1. The van der Waals surface area contributed by atoms with Gasteiger partial charge in [0, 0.05) is 32.9 Å². The zero-order valence-corrected chi connectivity index (χ0v) is 23.0. The lowest BCUT2D eigenvalue weighted by Gasteiger charge is -2.34. The van der Waals surface area contributed by atoms with E-state index in [1.807, 2.05) is 19.9 Å². The van der Waals surface area contributed by atoms with E-state index >= 15 is 0 Å². The largest absolute Gasteiger partial charge is 0.390 e. The summed E-state index contributed by atoms with van der Waals surface area (Å²) in [5, 5.41) is 40.7. The van der Waals surface area contributed by atoms with Crippen LogP contribution in [-0.4, -0.2) is 93.1 Å². The molecule has 4 atom stereocenters. The Morgan fingerprint density at radius 3 is 2.45 bits per heavy atom. The summed E-state index contributed by atoms with van der Waals surface area (Å²) in [6.45, 7) is 4.58. The fraction of sp³-hybridized carbons (Fsp3) is 0.615. The van der Waals surface area contributed by atoms with Crippen LogP contribution in [0.2, 0.25) is 0 Å². The summed E-state index contributed by atoms with van der Waals surface area (Å²) in [6.07, 6.45) is 2.12. The highest BCUT2D eigenvalue weighted by Crippen LogP contribution is 2.41. The van der Waals surface area contributed by atoms with Crippen molar-refractivity contribution in [3.63, 3.8) is 0 Å². The number of nitrogens with one attached hydrogen (secondary N) is 2. The Balaban J connectivity index is 1.50. The number of hydrogen-bond acceptors (Lipinski definition) is 12. The first-order valence-electron chi connectivity index (χ1n) is 12.9. The Morgan fingerprint density at radius 2 is 1.79 bits per heavy atom. The second kappa shape index (κ2) is 10.9. The number of rotatable bonds is 11. The molecule has 0 aliphatic heterocycles. The highest BCUT2D eigenvalue weighted by atomic mass is 32.1. The Morgan fingerprint density at radius 1 is 1.05 bits per heavy atom. The number of hydrogen-bond donors (Lipinski definition) is 5. The van der Waals surface area contributed by atoms with Gasteiger partial charge >= 0.3 is 0 Å². The SMILES string of the molecule is COCC(O)(COC)[C@H]1C[C@@H](Nc2nc(NCC3CC3)nc(C)c2-c2nc3c(C)nccc3s2)[C@H](O)[C@@H]1O. The molecule has 0 unspecified atom stereocenters. The molecule has 2 aliphatic carbocycles. The van der Waals surface area contributed by atoms with Gasteiger partial charge in [-0.1, -0.05) is 0 Å². The second-order valence-corrected chi connectivity index (χ2v) is 11.5. The van der Waals surface area contributed by atoms with Gasteiger partial charge in [0.2, 0.25) is 5.95 Å². The van der Waals surface area contributed by atoms with E-state index in [4.69, 9.17) is 24.4 Å². The normalized spacial score (nSPS) is 23.8. The molecular formula is C26H36N6O5S. The molecule has 5 N–H and O–H groups in total. The van der Waals surface area contributed by atoms with Crippen LogP contribution in [0.5, 0.6) is 0 Å². The lowest BCUT2D eigenvalue weighted by atomic mass is 9.85. The van der Waals surface area contributed by atoms with Crippen LogP contribution in [0.1, 0.15) is 30.7 Å². The number of aliphatic hydroxyl groups is 3. The van der Waals surface area contributed by atoms with Crippen molar-refractivity contribution in [1.29, 1.82) is 0 Å². The summed E-state index contributed by atoms with van der Waals surface area (Å²) in [6, 6.07) is 1.35. The summed E-state index contributed by atoms with van der Waals surface area (Å²) in [5.41, 5.74) is 1.68. The van der Waals surface area contributed by atoms with Crippen molar-refractivity contribution in [3.05, 3.63) is 23.7 Å². The predicted molar refractivity (Wildman–Crippen MR) is 145 cm³/mol. The van der Waals surface area contributed by atoms with Crippen molar-refractivity contribution < 1.29 is 24.8 Å². The molecule has 2 aliphatic rings. The molecule has 3 aromatic rings. The van der Waals surface area contributed by atoms with E-state index in [1.54, 1.807) is 6.20 Å². The molecule has 38 heavy (non-hydrogen) atoms. The molecular weight excluding hydrogens is 508 g/mol. The van der Waals surface area contributed by atoms with Crippen molar-refractivity contribution in [1.82, 2.24) is 19.9 Å². The van der Waals surface area contributed by atoms with Crippen LogP contribution in [0, 0.1) is 25.7 Å². The number of nitrogens with zero attached hydrogens (tertiary/aromatic N) is 4. The van der Waals surface area contributed by atoms with Gasteiger partial charge in [-0.15, -0.1) is 11.3 Å². The van der Waals surface area contributed by atoms with E-state index in [0.717, 1.165) is 38.7 Å². The van der Waals surface area contributed by atoms with Crippen LogP contribution < -0.4 is 10.6 Å². The maximum atomic E-state index is 11.2. The maximum absolute atomic E-state index is 11.2. The van der Waals surface area contributed by atoms with Gasteiger partial charge in [0.1, 0.15) is 28.0 Å². The van der Waals surface area contributed by atoms with Crippen LogP contribution in [0.4, 0.5) is 11.8 Å². The summed E-state index contributed by atoms with van der Waals surface area (Å²) < 4.78 is 11.5. The van der Waals surface area contributed by atoms with Crippen LogP contribution >= 0.6 is 11.3 Å². The van der Waals surface area contributed by atoms with Crippen molar-refractivity contribution >= 4 is 33.3 Å². The average molecular weight is 545 g/mol. The Bertz CT molecular complexity index is 1280. The molecule has 3 heterocycles. The van der Waals surface area contributed by atoms with E-state index in [2.05, 4.69) is 15.6 Å². The number of fused-ring (bicyclic) bond motifs is 1. The standard InChI is InChI=1S/C26H36N6O5S/c1-13-19(24-31-20-14(2)27-8-7-18(20)38-24)23(32-25(29-13)28-10-15-5-6-15)30-17-9-16(21(33)22(17)34)26(35,11-36-3)12-37-4/h7-8,15-17,21-22,33-35H,5-6,9-12H2,1-4H3,(H2,28,29,30,32)/t16-,17+,21+,22-/m0/s1. The molecule has 11 nitrogen and oxygen atoms in total. The van der Waals surface area contributed by atoms with Gasteiger partial charge in [-0.25, -0.2) is 9.97 Å². The summed E-state index contributed by atoms with van der Waals surface area (Å²) >= 11 is 1.53. The van der Waals surface area contributed by atoms with Crippen LogP contribution in [0.25, 0.3) is 20.8 Å². The molecule has 2 saturated carbocycles. The highest BCUT2D eigenvalue weighted by molar-refractivity contribution is 7.21. The number of methoxy groups -OCH3 is 2. The smallest absolute Gasteiger partial charge is 0.224 e. The van der Waals surface area contributed by atoms with Crippen LogP contribution in [0.3, 0.4) is 0 Å². The number of thiazole rings is 1. The number of aromatic nitrogens is 4. The van der Waals surface area contributed by atoms with Crippen molar-refractivity contribution in [2.75, 3.05) is 44.6 Å². The molecule has 0 spiro atoms. The molecule has 12 heteroatoms. The summed E-state index contributed by atoms with van der Waals surface area (Å²) in [4.78, 5) is 18.7. The average Bonchev–Trinajstić information content (AvgIpc) is 3.54. The molecule has 2 fully saturated rings. The molecule has 5 rings (SSSR count). The molecule has 0 bridgehead atoms. The van der Waals surface area contributed by atoms with Crippen LogP contribution in [-0.2, 0) is 9.47 Å². The zero-order chi connectivity index (χ0) is 27.0. The van der Waals surface area contributed by atoms with E-state index in [0.29, 0.717) is 17.7 Å². The van der Waals surface area contributed by atoms with E-state index < -0.39 is 29.8 Å². The molecule has 0 saturated heterocycles. The maximum Gasteiger partial charge on any atom is 0.224 e. The van der Waals surface area contributed by atoms with E-state index in [9.17, 15) is 15.3 Å². The minimum absolute atomic E-state index is 0.0335. The number of aryl methyl sites for hydroxylation is 2. The number of aliphatic hydroxyl groups excluding tert-OH is 2. The van der Waals surface area contributed by atoms with Gasteiger partial charge < -0.3 is 35.4 Å². The topological polar surface area (TPSA) is 155 Å². The third-order valence-electron chi connectivity index (χ3n) is 7.52. The van der Waals surface area contributed by atoms with E-state index in [1.165, 1.54) is 38.4 Å². The van der Waals surface area contributed by atoms with Gasteiger partial charge in [0.25, 0.3) is 0 Å².